The largest absolute Gasteiger partial charge is 0.471 e. The summed E-state index contributed by atoms with van der Waals surface area (Å²) in [5.41, 5.74) is 6.72. The third-order valence-electron chi connectivity index (χ3n) is 11.4. The van der Waals surface area contributed by atoms with E-state index in [4.69, 9.17) is 19.2 Å². The predicted octanol–water partition coefficient (Wildman–Crippen LogP) is 8.89. The van der Waals surface area contributed by atoms with Crippen LogP contribution in [0.5, 0.6) is 17.4 Å². The fourth-order valence-electron chi connectivity index (χ4n) is 8.32. The van der Waals surface area contributed by atoms with Crippen LogP contribution in [0.15, 0.2) is 132 Å². The lowest BCUT2D eigenvalue weighted by molar-refractivity contribution is -0.132. The minimum absolute atomic E-state index is 0.00874. The number of fused-ring (bicyclic) bond motifs is 2. The van der Waals surface area contributed by atoms with Gasteiger partial charge in [-0.15, -0.1) is 10.2 Å². The average Bonchev–Trinajstić information content (AvgIpc) is 4.01. The maximum Gasteiger partial charge on any atom is 0.254 e. The Morgan fingerprint density at radius 2 is 1.61 bits per heavy atom. The van der Waals surface area contributed by atoms with E-state index in [1.165, 1.54) is 16.9 Å². The van der Waals surface area contributed by atoms with Crippen molar-refractivity contribution in [3.63, 3.8) is 0 Å². The number of hydrogen-bond acceptors (Lipinski definition) is 9. The van der Waals surface area contributed by atoms with Crippen molar-refractivity contribution in [2.75, 3.05) is 26.9 Å². The summed E-state index contributed by atoms with van der Waals surface area (Å²) in [6, 6.07) is 37.9. The molecule has 59 heavy (non-hydrogen) atoms. The molecule has 0 bridgehead atoms. The van der Waals surface area contributed by atoms with Crippen LogP contribution in [0.2, 0.25) is 0 Å². The van der Waals surface area contributed by atoms with Gasteiger partial charge in [-0.1, -0.05) is 84.9 Å². The Kier molecular flexibility index (Phi) is 11.0. The van der Waals surface area contributed by atoms with Gasteiger partial charge in [0.25, 0.3) is 5.91 Å². The third kappa shape index (κ3) is 8.11. The zero-order valence-corrected chi connectivity index (χ0v) is 33.5. The number of likely N-dealkylation sites (tertiary alicyclic amines) is 1. The highest BCUT2D eigenvalue weighted by atomic mass is 32.1. The van der Waals surface area contributed by atoms with Gasteiger partial charge in [-0.3, -0.25) is 14.6 Å². The van der Waals surface area contributed by atoms with E-state index in [-0.39, 0.29) is 43.6 Å². The number of pyridine rings is 1. The summed E-state index contributed by atoms with van der Waals surface area (Å²) in [6.07, 6.45) is 4.32. The van der Waals surface area contributed by atoms with Crippen LogP contribution in [0, 0.1) is 5.92 Å². The van der Waals surface area contributed by atoms with E-state index in [0.29, 0.717) is 41.7 Å². The summed E-state index contributed by atoms with van der Waals surface area (Å²) in [4.78, 5) is 36.2. The number of likely N-dealkylation sites (N-methyl/N-ethyl adjacent to an activating group) is 1. The van der Waals surface area contributed by atoms with Crippen molar-refractivity contribution in [2.24, 2.45) is 5.92 Å². The molecule has 0 saturated carbocycles. The fourth-order valence-corrected chi connectivity index (χ4v) is 8.95. The predicted molar refractivity (Wildman–Crippen MR) is 228 cm³/mol. The molecule has 5 heterocycles. The molecule has 9 rings (SSSR count). The molecule has 2 aliphatic rings. The molecular formula is C48H43N5O5S. The summed E-state index contributed by atoms with van der Waals surface area (Å²) < 4.78 is 18.3. The van der Waals surface area contributed by atoms with Crippen LogP contribution in [0.4, 0.5) is 0 Å². The Morgan fingerprint density at radius 1 is 0.847 bits per heavy atom. The molecule has 4 aromatic carbocycles. The van der Waals surface area contributed by atoms with Crippen molar-refractivity contribution >= 4 is 33.9 Å². The number of piperidine rings is 1. The molecule has 11 heteroatoms. The molecule has 2 aliphatic heterocycles. The van der Waals surface area contributed by atoms with E-state index in [1.54, 1.807) is 6.20 Å². The SMILES string of the molecule is CN(C(=O)c1ccsc1)C(Cc1ccccc1)C1CCN(C(=O)Cc2cc3c(c(-c4ncccc4COc4nnc(-c5ccccc5)c5ccccc45)c2)OCO3)CC1. The van der Waals surface area contributed by atoms with Gasteiger partial charge in [-0.2, -0.15) is 11.3 Å². The first-order valence-corrected chi connectivity index (χ1v) is 20.9. The lowest BCUT2D eigenvalue weighted by atomic mass is 9.84. The van der Waals surface area contributed by atoms with Crippen LogP contribution in [0.25, 0.3) is 33.3 Å². The second-order valence-electron chi connectivity index (χ2n) is 15.0. The molecule has 1 fully saturated rings. The molecule has 0 N–H and O–H groups in total. The number of carbonyl (C=O) groups excluding carboxylic acids is 2. The van der Waals surface area contributed by atoms with E-state index in [2.05, 4.69) is 22.3 Å². The zero-order chi connectivity index (χ0) is 40.1. The van der Waals surface area contributed by atoms with Crippen molar-refractivity contribution in [1.29, 1.82) is 0 Å². The van der Waals surface area contributed by atoms with Gasteiger partial charge in [-0.05, 0) is 72.0 Å². The van der Waals surface area contributed by atoms with Gasteiger partial charge in [0.15, 0.2) is 11.5 Å². The van der Waals surface area contributed by atoms with Gasteiger partial charge in [0.1, 0.15) is 12.3 Å². The highest BCUT2D eigenvalue weighted by Crippen LogP contribution is 2.43. The topological polar surface area (TPSA) is 107 Å². The molecule has 0 spiro atoms. The van der Waals surface area contributed by atoms with E-state index in [9.17, 15) is 9.59 Å². The number of benzene rings is 4. The number of aromatic nitrogens is 3. The lowest BCUT2D eigenvalue weighted by Gasteiger charge is -2.40. The first-order chi connectivity index (χ1) is 29.0. The van der Waals surface area contributed by atoms with Crippen molar-refractivity contribution in [2.45, 2.75) is 38.3 Å². The standard InChI is InChI=1S/C48H43N5O5S/c1-52(48(55)37-20-24-59-30-37)41(26-32-11-4-2-5-12-32)34-18-22-53(23-19-34)43(54)28-33-25-40(46-42(27-33)57-31-58-46)44-36(15-10-21-49-44)29-56-47-39-17-9-8-16-38(39)45(50-51-47)35-13-6-3-7-14-35/h2-17,20-21,24-25,27,30,34,41H,18-19,22-23,26,28-29,31H2,1H3. The Hall–Kier alpha value is -6.59. The molecule has 7 aromatic rings. The van der Waals surface area contributed by atoms with Crippen molar-refractivity contribution in [3.05, 3.63) is 154 Å². The Labute approximate surface area is 347 Å². The van der Waals surface area contributed by atoms with Crippen LogP contribution in [0.1, 0.15) is 39.9 Å². The molecular weight excluding hydrogens is 759 g/mol. The van der Waals surface area contributed by atoms with Crippen molar-refractivity contribution in [3.8, 4) is 39.9 Å². The van der Waals surface area contributed by atoms with E-state index in [1.807, 2.05) is 131 Å². The highest BCUT2D eigenvalue weighted by molar-refractivity contribution is 7.08. The minimum Gasteiger partial charge on any atom is -0.471 e. The van der Waals surface area contributed by atoms with Crippen molar-refractivity contribution < 1.29 is 23.8 Å². The van der Waals surface area contributed by atoms with Crippen LogP contribution in [0.3, 0.4) is 0 Å². The quantitative estimate of drug-likeness (QED) is 0.121. The van der Waals surface area contributed by atoms with E-state index >= 15 is 0 Å². The number of amides is 2. The number of rotatable bonds is 12. The summed E-state index contributed by atoms with van der Waals surface area (Å²) in [7, 11) is 1.92. The molecule has 0 aliphatic carbocycles. The monoisotopic (exact) mass is 801 g/mol. The van der Waals surface area contributed by atoms with Gasteiger partial charge in [0.2, 0.25) is 18.6 Å². The second kappa shape index (κ2) is 17.1. The first-order valence-electron chi connectivity index (χ1n) is 19.9. The Balaban J connectivity index is 0.911. The van der Waals surface area contributed by atoms with E-state index in [0.717, 1.165) is 58.0 Å². The van der Waals surface area contributed by atoms with Gasteiger partial charge in [0, 0.05) is 65.2 Å². The van der Waals surface area contributed by atoms with Crippen LogP contribution >= 0.6 is 11.3 Å². The number of nitrogens with zero attached hydrogens (tertiary/aromatic N) is 5. The van der Waals surface area contributed by atoms with Crippen LogP contribution in [-0.2, 0) is 24.2 Å². The van der Waals surface area contributed by atoms with Gasteiger partial charge < -0.3 is 24.0 Å². The summed E-state index contributed by atoms with van der Waals surface area (Å²) in [5, 5.41) is 14.7. The number of thiophene rings is 1. The fraction of sp³-hybridized carbons (Fsp3) is 0.229. The molecule has 1 saturated heterocycles. The summed E-state index contributed by atoms with van der Waals surface area (Å²) >= 11 is 1.53. The smallest absolute Gasteiger partial charge is 0.254 e. The second-order valence-corrected chi connectivity index (χ2v) is 15.8. The van der Waals surface area contributed by atoms with Gasteiger partial charge in [0.05, 0.1) is 17.7 Å². The summed E-state index contributed by atoms with van der Waals surface area (Å²) in [6.45, 7) is 1.50. The van der Waals surface area contributed by atoms with E-state index < -0.39 is 0 Å². The third-order valence-corrected chi connectivity index (χ3v) is 12.1. The Bertz CT molecular complexity index is 2580. The molecule has 0 radical (unpaired) electrons. The maximum absolute atomic E-state index is 14.0. The number of carbonyl (C=O) groups is 2. The minimum atomic E-state index is 0.00874. The Morgan fingerprint density at radius 3 is 2.39 bits per heavy atom. The van der Waals surface area contributed by atoms with Gasteiger partial charge in [-0.25, -0.2) is 0 Å². The first kappa shape index (κ1) is 38.0. The lowest BCUT2D eigenvalue weighted by Crippen LogP contribution is -2.48. The number of hydrogen-bond donors (Lipinski definition) is 0. The summed E-state index contributed by atoms with van der Waals surface area (Å²) in [5.74, 6) is 1.92. The maximum atomic E-state index is 14.0. The van der Waals surface area contributed by atoms with Crippen LogP contribution in [-0.4, -0.2) is 69.8 Å². The highest BCUT2D eigenvalue weighted by Gasteiger charge is 2.34. The molecule has 1 unspecified atom stereocenters. The molecule has 10 nitrogen and oxygen atoms in total. The van der Waals surface area contributed by atoms with Gasteiger partial charge >= 0.3 is 0 Å². The van der Waals surface area contributed by atoms with Crippen LogP contribution < -0.4 is 14.2 Å². The number of ether oxygens (including phenoxy) is 3. The zero-order valence-electron chi connectivity index (χ0n) is 32.7. The molecule has 2 amide bonds. The van der Waals surface area contributed by atoms with Crippen molar-refractivity contribution in [1.82, 2.24) is 25.0 Å². The molecule has 3 aromatic heterocycles. The molecule has 1 atom stereocenters. The molecule has 296 valence electrons. The average molecular weight is 802 g/mol. The normalized spacial score (nSPS) is 14.3.